The van der Waals surface area contributed by atoms with Gasteiger partial charge in [-0.1, -0.05) is 54.6 Å². The molecular weight excluding hydrogens is 711 g/mol. The minimum atomic E-state index is -3.07. The molecule has 1 saturated heterocycles. The third-order valence-corrected chi connectivity index (χ3v) is 10.4. The average molecular weight is 762 g/mol. The van der Waals surface area contributed by atoms with E-state index in [2.05, 4.69) is 0 Å². The highest BCUT2D eigenvalue weighted by molar-refractivity contribution is 7.91. The summed E-state index contributed by atoms with van der Waals surface area (Å²) in [6.45, 7) is 4.17. The maximum Gasteiger partial charge on any atom is 0.259 e. The number of ether oxygens (including phenoxy) is 9. The number of hydrogen-bond donors (Lipinski definition) is 0. The minimum absolute atomic E-state index is 0.0325. The molecule has 3 aromatic carbocycles. The molecule has 1 aliphatic rings. The number of nitrogens with zero attached hydrogens (tertiary/aromatic N) is 1. The Balaban J connectivity index is 1.49. The lowest BCUT2D eigenvalue weighted by Gasteiger charge is -2.37. The molecule has 0 aromatic heterocycles. The van der Waals surface area contributed by atoms with Gasteiger partial charge in [0.15, 0.2) is 9.84 Å². The van der Waals surface area contributed by atoms with Crippen LogP contribution in [0, 0.1) is 0 Å². The van der Waals surface area contributed by atoms with E-state index in [0.29, 0.717) is 46.2 Å². The first-order chi connectivity index (χ1) is 25.3. The molecule has 0 spiro atoms. The zero-order valence-electron chi connectivity index (χ0n) is 30.2. The Labute approximate surface area is 313 Å². The molecule has 0 N–H and O–H groups in total. The normalized spacial score (nSPS) is 14.9. The molecule has 0 aliphatic carbocycles. The van der Waals surface area contributed by atoms with E-state index in [9.17, 15) is 8.42 Å². The smallest absolute Gasteiger partial charge is 0.259 e. The predicted molar refractivity (Wildman–Crippen MR) is 201 cm³/mol. The molecule has 1 atom stereocenters. The van der Waals surface area contributed by atoms with Gasteiger partial charge in [-0.05, 0) is 53.2 Å². The Morgan fingerprint density at radius 3 is 1.65 bits per heavy atom. The van der Waals surface area contributed by atoms with Gasteiger partial charge in [0.25, 0.3) is 5.17 Å². The van der Waals surface area contributed by atoms with Gasteiger partial charge in [0.2, 0.25) is 0 Å². The molecule has 1 aliphatic heterocycles. The van der Waals surface area contributed by atoms with E-state index >= 15 is 0 Å². The fraction of sp³-hybridized carbons (Fsp3) is 0.500. The first-order valence-corrected chi connectivity index (χ1v) is 19.5. The lowest BCUT2D eigenvalue weighted by molar-refractivity contribution is -0.0907. The molecular formula is C38H51NO11S2. The number of benzene rings is 3. The molecule has 0 bridgehead atoms. The summed E-state index contributed by atoms with van der Waals surface area (Å²) in [7, 11) is 1.82. The van der Waals surface area contributed by atoms with Crippen molar-refractivity contribution in [3.8, 4) is 11.5 Å². The molecule has 3 aromatic rings. The van der Waals surface area contributed by atoms with Crippen LogP contribution in [-0.4, -0.2) is 137 Å². The summed E-state index contributed by atoms with van der Waals surface area (Å²) in [5, 5.41) is 0.225. The molecule has 0 saturated carbocycles. The van der Waals surface area contributed by atoms with E-state index < -0.39 is 21.5 Å². The summed E-state index contributed by atoms with van der Waals surface area (Å²) in [5.74, 6) is 1.50. The maximum absolute atomic E-state index is 12.0. The van der Waals surface area contributed by atoms with E-state index in [0.717, 1.165) is 28.2 Å². The minimum Gasteiger partial charge on any atom is -0.497 e. The van der Waals surface area contributed by atoms with Crippen molar-refractivity contribution in [2.45, 2.75) is 11.7 Å². The van der Waals surface area contributed by atoms with Gasteiger partial charge in [-0.3, -0.25) is 0 Å². The van der Waals surface area contributed by atoms with Crippen LogP contribution in [-0.2, 0) is 48.6 Å². The Morgan fingerprint density at radius 1 is 0.673 bits per heavy atom. The largest absolute Gasteiger partial charge is 0.497 e. The monoisotopic (exact) mass is 761 g/mol. The Bertz CT molecular complexity index is 1500. The van der Waals surface area contributed by atoms with Gasteiger partial charge in [-0.2, -0.15) is 0 Å². The molecule has 12 nitrogen and oxygen atoms in total. The van der Waals surface area contributed by atoms with Crippen molar-refractivity contribution < 1.29 is 51.0 Å². The van der Waals surface area contributed by atoms with Gasteiger partial charge in [0.1, 0.15) is 29.8 Å². The van der Waals surface area contributed by atoms with E-state index in [1.807, 2.05) is 78.9 Å². The predicted octanol–water partition coefficient (Wildman–Crippen LogP) is 4.13. The molecule has 1 fully saturated rings. The zero-order valence-corrected chi connectivity index (χ0v) is 31.9. The fourth-order valence-electron chi connectivity index (χ4n) is 5.54. The third-order valence-electron chi connectivity index (χ3n) is 8.41. The third kappa shape index (κ3) is 12.7. The second-order valence-corrected chi connectivity index (χ2v) is 14.5. The number of hydrogen-bond acceptors (Lipinski definition) is 12. The number of thiocarbonyl (C=S) groups is 1. The standard InChI is InChI=1S/C38H51NO11S2/c1-42-19-20-45-21-22-46-23-24-47-25-26-48-36(29-49-37(51)39-17-27-52(40,41)28-18-39)30-50-38(31-7-5-4-6-8-31,32-9-13-34(43-2)14-10-32)33-11-15-35(44-3)16-12-33/h4-16,36H,17-30H2,1-3H3/t36-/m1/s1. The van der Waals surface area contributed by atoms with Gasteiger partial charge in [0, 0.05) is 20.2 Å². The van der Waals surface area contributed by atoms with Crippen LogP contribution in [0.2, 0.25) is 0 Å². The van der Waals surface area contributed by atoms with Gasteiger partial charge < -0.3 is 47.5 Å². The van der Waals surface area contributed by atoms with Crippen LogP contribution in [0.3, 0.4) is 0 Å². The second-order valence-electron chi connectivity index (χ2n) is 11.9. The summed E-state index contributed by atoms with van der Waals surface area (Å²) in [4.78, 5) is 1.77. The van der Waals surface area contributed by atoms with Crippen molar-refractivity contribution in [3.05, 3.63) is 95.6 Å². The van der Waals surface area contributed by atoms with Crippen molar-refractivity contribution in [1.82, 2.24) is 4.90 Å². The molecule has 0 unspecified atom stereocenters. The van der Waals surface area contributed by atoms with Crippen LogP contribution in [0.25, 0.3) is 0 Å². The average Bonchev–Trinajstić information content (AvgIpc) is 3.17. The number of sulfone groups is 1. The molecule has 0 amide bonds. The van der Waals surface area contributed by atoms with Gasteiger partial charge >= 0.3 is 0 Å². The van der Waals surface area contributed by atoms with Crippen molar-refractivity contribution in [3.63, 3.8) is 0 Å². The first kappa shape index (κ1) is 41.4. The van der Waals surface area contributed by atoms with Crippen molar-refractivity contribution in [2.75, 3.05) is 112 Å². The molecule has 52 heavy (non-hydrogen) atoms. The van der Waals surface area contributed by atoms with Crippen LogP contribution in [0.1, 0.15) is 16.7 Å². The van der Waals surface area contributed by atoms with E-state index in [1.54, 1.807) is 26.2 Å². The fourth-order valence-corrected chi connectivity index (χ4v) is 7.00. The quantitative estimate of drug-likeness (QED) is 0.0784. The maximum atomic E-state index is 12.0. The van der Waals surface area contributed by atoms with Crippen molar-refractivity contribution >= 4 is 27.2 Å². The number of rotatable bonds is 23. The van der Waals surface area contributed by atoms with Crippen LogP contribution < -0.4 is 9.47 Å². The Morgan fingerprint density at radius 2 is 1.15 bits per heavy atom. The van der Waals surface area contributed by atoms with Crippen molar-refractivity contribution in [1.29, 1.82) is 0 Å². The Hall–Kier alpha value is -3.34. The highest BCUT2D eigenvalue weighted by atomic mass is 32.2. The van der Waals surface area contributed by atoms with E-state index in [1.165, 1.54) is 0 Å². The van der Waals surface area contributed by atoms with E-state index in [-0.39, 0.29) is 49.6 Å². The Kier molecular flexibility index (Phi) is 17.5. The van der Waals surface area contributed by atoms with E-state index in [4.69, 9.17) is 54.8 Å². The molecule has 0 radical (unpaired) electrons. The summed E-state index contributed by atoms with van der Waals surface area (Å²) in [5.41, 5.74) is 1.59. The summed E-state index contributed by atoms with van der Waals surface area (Å²) >= 11 is 5.57. The van der Waals surface area contributed by atoms with Gasteiger partial charge in [0.05, 0.1) is 85.2 Å². The van der Waals surface area contributed by atoms with Crippen LogP contribution in [0.4, 0.5) is 0 Å². The SMILES string of the molecule is COCCOCCOCCOCCO[C@H](COC(=S)N1CCS(=O)(=O)CC1)COC(c1ccccc1)(c1ccc(OC)cc1)c1ccc(OC)cc1. The molecule has 4 rings (SSSR count). The first-order valence-electron chi connectivity index (χ1n) is 17.3. The van der Waals surface area contributed by atoms with Crippen LogP contribution in [0.5, 0.6) is 11.5 Å². The number of methoxy groups -OCH3 is 3. The highest BCUT2D eigenvalue weighted by Crippen LogP contribution is 2.42. The lowest BCUT2D eigenvalue weighted by atomic mass is 9.80. The van der Waals surface area contributed by atoms with Crippen LogP contribution in [0.15, 0.2) is 78.9 Å². The lowest BCUT2D eigenvalue weighted by Crippen LogP contribution is -2.45. The van der Waals surface area contributed by atoms with Crippen LogP contribution >= 0.6 is 12.2 Å². The summed E-state index contributed by atoms with van der Waals surface area (Å²) < 4.78 is 76.0. The summed E-state index contributed by atoms with van der Waals surface area (Å²) in [6, 6.07) is 25.6. The highest BCUT2D eigenvalue weighted by Gasteiger charge is 2.39. The molecule has 286 valence electrons. The van der Waals surface area contributed by atoms with Crippen molar-refractivity contribution in [2.24, 2.45) is 0 Å². The van der Waals surface area contributed by atoms with Gasteiger partial charge in [-0.15, -0.1) is 0 Å². The second kappa shape index (κ2) is 22.0. The van der Waals surface area contributed by atoms with Gasteiger partial charge in [-0.25, -0.2) is 8.42 Å². The topological polar surface area (TPSA) is 120 Å². The molecule has 1 heterocycles. The summed E-state index contributed by atoms with van der Waals surface area (Å²) in [6.07, 6.45) is -0.574. The molecule has 14 heteroatoms. The zero-order chi connectivity index (χ0) is 37.1.